The largest absolute Gasteiger partial charge is 0.324 e. The molecule has 1 unspecified atom stereocenters. The number of nitrogens with two attached hydrogens (primary N) is 1. The Labute approximate surface area is 127 Å². The molecule has 0 aromatic carbocycles. The van der Waals surface area contributed by atoms with Gasteiger partial charge in [-0.1, -0.05) is 0 Å². The van der Waals surface area contributed by atoms with Crippen molar-refractivity contribution < 1.29 is 0 Å². The Hall–Kier alpha value is 0.800. The maximum Gasteiger partial charge on any atom is 0.0758 e. The number of thiophene rings is 2. The van der Waals surface area contributed by atoms with Crippen LogP contribution in [0.3, 0.4) is 0 Å². The molecule has 2 heterocycles. The smallest absolute Gasteiger partial charge is 0.0758 e. The molecule has 0 aliphatic heterocycles. The van der Waals surface area contributed by atoms with Gasteiger partial charge in [-0.3, -0.25) is 0 Å². The van der Waals surface area contributed by atoms with Gasteiger partial charge in [0.05, 0.1) is 11.4 Å². The van der Waals surface area contributed by atoms with Crippen LogP contribution in [0.15, 0.2) is 29.6 Å². The van der Waals surface area contributed by atoms with E-state index in [-0.39, 0.29) is 6.04 Å². The van der Waals surface area contributed by atoms with Crippen LogP contribution >= 0.6 is 70.5 Å². The van der Waals surface area contributed by atoms with Crippen molar-refractivity contribution in [2.45, 2.75) is 12.5 Å². The van der Waals surface area contributed by atoms with Crippen molar-refractivity contribution in [2.75, 3.05) is 0 Å². The molecule has 0 fully saturated rings. The van der Waals surface area contributed by atoms with Crippen molar-refractivity contribution >= 4 is 70.5 Å². The zero-order valence-electron chi connectivity index (χ0n) is 8.04. The minimum Gasteiger partial charge on any atom is -0.324 e. The van der Waals surface area contributed by atoms with E-state index < -0.39 is 0 Å². The fourth-order valence-corrected chi connectivity index (χ4v) is 5.94. The molecule has 2 aromatic heterocycles. The molecule has 0 amide bonds. The molecule has 1 nitrogen and oxygen atoms in total. The van der Waals surface area contributed by atoms with Crippen LogP contribution in [-0.2, 0) is 6.42 Å². The third kappa shape index (κ3) is 3.17. The lowest BCUT2D eigenvalue weighted by molar-refractivity contribution is 0.730. The normalized spacial score (nSPS) is 13.0. The third-order valence-electron chi connectivity index (χ3n) is 2.13. The zero-order valence-corrected chi connectivity index (χ0v) is 14.4. The highest BCUT2D eigenvalue weighted by molar-refractivity contribution is 9.12. The van der Waals surface area contributed by atoms with Crippen molar-refractivity contribution in [1.29, 1.82) is 0 Å². The van der Waals surface area contributed by atoms with Gasteiger partial charge in [-0.15, -0.1) is 22.7 Å². The Morgan fingerprint density at radius 2 is 1.88 bits per heavy atom. The van der Waals surface area contributed by atoms with Crippen LogP contribution < -0.4 is 5.73 Å². The second-order valence-corrected chi connectivity index (χ2v) is 9.59. The summed E-state index contributed by atoms with van der Waals surface area (Å²) < 4.78 is 3.37. The highest BCUT2D eigenvalue weighted by Gasteiger charge is 2.14. The first-order chi connectivity index (χ1) is 7.56. The van der Waals surface area contributed by atoms with E-state index in [1.165, 1.54) is 10.4 Å². The van der Waals surface area contributed by atoms with E-state index in [4.69, 9.17) is 5.73 Å². The molecule has 6 heteroatoms. The molecule has 0 aliphatic carbocycles. The van der Waals surface area contributed by atoms with Gasteiger partial charge in [-0.05, 0) is 71.6 Å². The summed E-state index contributed by atoms with van der Waals surface area (Å²) in [5.41, 5.74) is 7.37. The molecule has 0 saturated carbocycles. The second-order valence-electron chi connectivity index (χ2n) is 3.30. The standard InChI is InChI=1S/C10H8Br3NS2/c11-8-2-1-5(15-8)3-7(14)6-4-9(12)16-10(6)13/h1-2,4,7H,3,14H2. The first kappa shape index (κ1) is 13.2. The van der Waals surface area contributed by atoms with Gasteiger partial charge >= 0.3 is 0 Å². The number of hydrogen-bond donors (Lipinski definition) is 1. The predicted octanol–water partition coefficient (Wildman–Crippen LogP) is 5.34. The van der Waals surface area contributed by atoms with Crippen LogP contribution in [0.5, 0.6) is 0 Å². The van der Waals surface area contributed by atoms with Crippen LogP contribution in [0.1, 0.15) is 16.5 Å². The molecule has 0 spiro atoms. The minimum atomic E-state index is 0.0440. The van der Waals surface area contributed by atoms with Crippen molar-refractivity contribution in [1.82, 2.24) is 0 Å². The maximum absolute atomic E-state index is 6.20. The lowest BCUT2D eigenvalue weighted by Crippen LogP contribution is -2.12. The van der Waals surface area contributed by atoms with E-state index in [1.807, 2.05) is 0 Å². The van der Waals surface area contributed by atoms with Gasteiger partial charge in [0.15, 0.2) is 0 Å². The Morgan fingerprint density at radius 1 is 1.12 bits per heavy atom. The van der Waals surface area contributed by atoms with E-state index in [1.54, 1.807) is 22.7 Å². The van der Waals surface area contributed by atoms with Crippen molar-refractivity contribution in [3.8, 4) is 0 Å². The molecule has 0 saturated heterocycles. The maximum atomic E-state index is 6.20. The summed E-state index contributed by atoms with van der Waals surface area (Å²) in [5.74, 6) is 0. The van der Waals surface area contributed by atoms with Crippen molar-refractivity contribution in [2.24, 2.45) is 5.73 Å². The first-order valence-corrected chi connectivity index (χ1v) is 8.52. The Morgan fingerprint density at radius 3 is 2.38 bits per heavy atom. The summed E-state index contributed by atoms with van der Waals surface area (Å²) in [6.07, 6.45) is 0.873. The molecule has 0 aliphatic rings. The van der Waals surface area contributed by atoms with E-state index in [9.17, 15) is 0 Å². The van der Waals surface area contributed by atoms with Gasteiger partial charge in [0.2, 0.25) is 0 Å². The lowest BCUT2D eigenvalue weighted by atomic mass is 10.1. The summed E-state index contributed by atoms with van der Waals surface area (Å²) in [6.45, 7) is 0. The molecule has 2 aromatic rings. The fourth-order valence-electron chi connectivity index (χ4n) is 1.39. The molecule has 0 bridgehead atoms. The van der Waals surface area contributed by atoms with Crippen molar-refractivity contribution in [3.63, 3.8) is 0 Å². The van der Waals surface area contributed by atoms with Gasteiger partial charge in [0.25, 0.3) is 0 Å². The second kappa shape index (κ2) is 5.63. The molecule has 2 rings (SSSR count). The number of halogens is 3. The molecular formula is C10H8Br3NS2. The van der Waals surface area contributed by atoms with E-state index in [2.05, 4.69) is 66.0 Å². The topological polar surface area (TPSA) is 26.0 Å². The van der Waals surface area contributed by atoms with E-state index in [0.29, 0.717) is 0 Å². The zero-order chi connectivity index (χ0) is 11.7. The average Bonchev–Trinajstić information content (AvgIpc) is 2.73. The summed E-state index contributed by atoms with van der Waals surface area (Å²) >= 11 is 13.9. The summed E-state index contributed by atoms with van der Waals surface area (Å²) in [4.78, 5) is 1.30. The van der Waals surface area contributed by atoms with Crippen LogP contribution in [0, 0.1) is 0 Å². The Bertz CT molecular complexity index is 492. The SMILES string of the molecule is NC(Cc1ccc(Br)s1)c1cc(Br)sc1Br. The van der Waals surface area contributed by atoms with Crippen LogP contribution in [0.4, 0.5) is 0 Å². The van der Waals surface area contributed by atoms with Crippen LogP contribution in [0.2, 0.25) is 0 Å². The number of rotatable bonds is 3. The summed E-state index contributed by atoms with van der Waals surface area (Å²) in [5, 5.41) is 0. The number of hydrogen-bond acceptors (Lipinski definition) is 3. The molecule has 2 N–H and O–H groups in total. The van der Waals surface area contributed by atoms with Gasteiger partial charge in [0.1, 0.15) is 0 Å². The Kier molecular flexibility index (Phi) is 4.66. The molecule has 86 valence electrons. The van der Waals surface area contributed by atoms with E-state index in [0.717, 1.165) is 17.8 Å². The van der Waals surface area contributed by atoms with Gasteiger partial charge in [-0.2, -0.15) is 0 Å². The first-order valence-electron chi connectivity index (χ1n) is 4.51. The lowest BCUT2D eigenvalue weighted by Gasteiger charge is -2.08. The van der Waals surface area contributed by atoms with Crippen LogP contribution in [-0.4, -0.2) is 0 Å². The highest BCUT2D eigenvalue weighted by atomic mass is 79.9. The Balaban J connectivity index is 2.14. The molecule has 0 radical (unpaired) electrons. The summed E-state index contributed by atoms with van der Waals surface area (Å²) in [6, 6.07) is 6.31. The van der Waals surface area contributed by atoms with Gasteiger partial charge in [0, 0.05) is 17.3 Å². The molecule has 1 atom stereocenters. The van der Waals surface area contributed by atoms with E-state index >= 15 is 0 Å². The molecular weight excluding hydrogens is 438 g/mol. The minimum absolute atomic E-state index is 0.0440. The monoisotopic (exact) mass is 443 g/mol. The van der Waals surface area contributed by atoms with Gasteiger partial charge in [-0.25, -0.2) is 0 Å². The highest BCUT2D eigenvalue weighted by Crippen LogP contribution is 2.36. The predicted molar refractivity (Wildman–Crippen MR) is 82.4 cm³/mol. The van der Waals surface area contributed by atoms with Crippen LogP contribution in [0.25, 0.3) is 0 Å². The third-order valence-corrected chi connectivity index (χ3v) is 6.16. The van der Waals surface area contributed by atoms with Crippen molar-refractivity contribution in [3.05, 3.63) is 40.0 Å². The molecule has 16 heavy (non-hydrogen) atoms. The quantitative estimate of drug-likeness (QED) is 0.678. The van der Waals surface area contributed by atoms with Gasteiger partial charge < -0.3 is 5.73 Å². The average molecular weight is 446 g/mol. The summed E-state index contributed by atoms with van der Waals surface area (Å²) in [7, 11) is 0. The fraction of sp³-hybridized carbons (Fsp3) is 0.200.